The Bertz CT molecular complexity index is 1950. The Kier molecular flexibility index (Phi) is 7.13. The van der Waals surface area contributed by atoms with E-state index in [9.17, 15) is 14.0 Å². The molecule has 2 unspecified atom stereocenters. The van der Waals surface area contributed by atoms with Crippen LogP contribution in [0.2, 0.25) is 5.02 Å². The Balaban J connectivity index is 1.35. The topological polar surface area (TPSA) is 113 Å². The molecule has 3 N–H and O–H groups in total. The van der Waals surface area contributed by atoms with Crippen molar-refractivity contribution in [1.29, 1.82) is 5.26 Å². The van der Waals surface area contributed by atoms with Gasteiger partial charge in [0, 0.05) is 37.5 Å². The monoisotopic (exact) mass is 669 g/mol. The second-order valence-corrected chi connectivity index (χ2v) is 14.1. The lowest BCUT2D eigenvalue weighted by atomic mass is 9.95. The van der Waals surface area contributed by atoms with Crippen LogP contribution in [0, 0.1) is 23.0 Å². The highest BCUT2D eigenvalue weighted by Gasteiger charge is 2.49. The summed E-state index contributed by atoms with van der Waals surface area (Å²) in [7, 11) is 1.88. The Morgan fingerprint density at radius 3 is 2.96 bits per heavy atom. The minimum atomic E-state index is -0.935. The van der Waals surface area contributed by atoms with Crippen molar-refractivity contribution in [2.24, 2.45) is 0 Å². The maximum atomic E-state index is 17.1. The quantitative estimate of drug-likeness (QED) is 0.278. The molecule has 240 valence electrons. The average Bonchev–Trinajstić information content (AvgIpc) is 3.58. The Morgan fingerprint density at radius 1 is 1.28 bits per heavy atom. The smallest absolute Gasteiger partial charge is 0.319 e. The molecule has 4 aliphatic rings. The lowest BCUT2D eigenvalue weighted by molar-refractivity contribution is 0.107. The number of anilines is 2. The molecule has 0 bridgehead atoms. The van der Waals surface area contributed by atoms with Crippen molar-refractivity contribution in [2.75, 3.05) is 50.5 Å². The maximum Gasteiger partial charge on any atom is 0.319 e. The van der Waals surface area contributed by atoms with Gasteiger partial charge in [0.1, 0.15) is 47.1 Å². The zero-order chi connectivity index (χ0) is 31.9. The van der Waals surface area contributed by atoms with E-state index in [1.807, 2.05) is 18.0 Å². The van der Waals surface area contributed by atoms with Crippen molar-refractivity contribution in [3.05, 3.63) is 34.4 Å². The highest BCUT2D eigenvalue weighted by Crippen LogP contribution is 2.52. The zero-order valence-electron chi connectivity index (χ0n) is 25.0. The minimum absolute atomic E-state index is 0.0308. The average molecular weight is 670 g/mol. The van der Waals surface area contributed by atoms with Gasteiger partial charge in [0.2, 0.25) is 0 Å². The van der Waals surface area contributed by atoms with Crippen molar-refractivity contribution in [3.63, 3.8) is 0 Å². The summed E-state index contributed by atoms with van der Waals surface area (Å²) in [5.41, 5.74) is 5.73. The number of nitriles is 1. The third kappa shape index (κ3) is 4.41. The molecule has 0 aliphatic carbocycles. The molecular weight excluding hydrogens is 639 g/mol. The second-order valence-electron chi connectivity index (χ2n) is 12.7. The number of nitrogens with two attached hydrogens (primary N) is 1. The van der Waals surface area contributed by atoms with E-state index >= 15 is 4.39 Å². The normalized spacial score (nSPS) is 26.0. The molecule has 4 aliphatic heterocycles. The number of thiophene rings is 1. The van der Waals surface area contributed by atoms with Crippen molar-refractivity contribution >= 4 is 54.7 Å². The number of nitrogens with one attached hydrogen (secondary N) is 1. The first-order valence-electron chi connectivity index (χ1n) is 15.5. The Morgan fingerprint density at radius 2 is 2.13 bits per heavy atom. The van der Waals surface area contributed by atoms with Crippen molar-refractivity contribution in [3.8, 4) is 29.0 Å². The maximum absolute atomic E-state index is 17.1. The van der Waals surface area contributed by atoms with Crippen LogP contribution in [-0.2, 0) is 0 Å². The lowest BCUT2D eigenvalue weighted by Gasteiger charge is -2.32. The SMILES string of the molecule is CN1c2nc(OC[C@@]34CCCN3C[C@H](F)C4)nc3c(F)c(-c4ccc(F)c5sc(N)c(C#N)c45)c(Cl)c(c23)OC2CCCNCC21. The Hall–Kier alpha value is -3.57. The van der Waals surface area contributed by atoms with Crippen LogP contribution in [-0.4, -0.2) is 78.6 Å². The minimum Gasteiger partial charge on any atom is -0.486 e. The van der Waals surface area contributed by atoms with E-state index in [1.165, 1.54) is 12.1 Å². The second kappa shape index (κ2) is 11.0. The molecule has 2 aromatic heterocycles. The third-order valence-corrected chi connectivity index (χ3v) is 11.5. The number of nitrogens with zero attached hydrogens (tertiary/aromatic N) is 5. The van der Waals surface area contributed by atoms with Gasteiger partial charge in [-0.2, -0.15) is 15.2 Å². The fourth-order valence-electron chi connectivity index (χ4n) is 7.89. The third-order valence-electron chi connectivity index (χ3n) is 10.1. The van der Waals surface area contributed by atoms with Crippen LogP contribution in [0.25, 0.3) is 32.1 Å². The molecule has 0 amide bonds. The van der Waals surface area contributed by atoms with Gasteiger partial charge in [0.15, 0.2) is 11.6 Å². The van der Waals surface area contributed by atoms with Crippen LogP contribution < -0.4 is 25.4 Å². The number of likely N-dealkylation sites (N-methyl/N-ethyl adjacent to an activating group) is 1. The van der Waals surface area contributed by atoms with E-state index in [2.05, 4.69) is 15.2 Å². The fourth-order valence-corrected chi connectivity index (χ4v) is 9.17. The number of nitrogen functional groups attached to an aromatic ring is 1. The van der Waals surface area contributed by atoms with Gasteiger partial charge in [-0.05, 0) is 50.4 Å². The summed E-state index contributed by atoms with van der Waals surface area (Å²) in [4.78, 5) is 13.5. The van der Waals surface area contributed by atoms with Crippen molar-refractivity contribution in [1.82, 2.24) is 20.2 Å². The first-order valence-corrected chi connectivity index (χ1v) is 16.7. The summed E-state index contributed by atoms with van der Waals surface area (Å²) in [5, 5.41) is 13.9. The van der Waals surface area contributed by atoms with Crippen molar-refractivity contribution in [2.45, 2.75) is 56.0 Å². The lowest BCUT2D eigenvalue weighted by Crippen LogP contribution is -2.48. The zero-order valence-corrected chi connectivity index (χ0v) is 26.6. The molecule has 2 aromatic carbocycles. The standard InChI is InChI=1S/C32H31ClF3N7O2S/c1-42-19-12-39-8-2-4-20(19)45-27-23-26(40-31(41-30(23)42)44-14-32-7-3-9-43(32)13-15(34)10-32)25(36)22(24(27)33)16-5-6-18(35)28-21(16)17(11-37)29(38)46-28/h5-6,15,19-20,39H,2-4,7-10,12-14,38H2,1H3/t15-,19?,20?,32+/m1/s1. The van der Waals surface area contributed by atoms with Crippen LogP contribution in [0.5, 0.6) is 11.8 Å². The number of alkyl halides is 1. The molecule has 8 rings (SSSR count). The molecule has 9 nitrogen and oxygen atoms in total. The molecule has 4 atom stereocenters. The molecular formula is C32H31ClF3N7O2S. The molecule has 3 fully saturated rings. The molecule has 46 heavy (non-hydrogen) atoms. The largest absolute Gasteiger partial charge is 0.486 e. The number of ether oxygens (including phenoxy) is 2. The van der Waals surface area contributed by atoms with E-state index in [4.69, 9.17) is 31.8 Å². The highest BCUT2D eigenvalue weighted by atomic mass is 35.5. The van der Waals surface area contributed by atoms with Gasteiger partial charge in [0.25, 0.3) is 0 Å². The first-order chi connectivity index (χ1) is 22.2. The molecule has 6 heterocycles. The van der Waals surface area contributed by atoms with Crippen LogP contribution in [0.15, 0.2) is 12.1 Å². The van der Waals surface area contributed by atoms with Gasteiger partial charge in [-0.15, -0.1) is 11.3 Å². The summed E-state index contributed by atoms with van der Waals surface area (Å²) in [5.74, 6) is -0.758. The number of hydrogen-bond acceptors (Lipinski definition) is 10. The van der Waals surface area contributed by atoms with Crippen LogP contribution in [0.1, 0.15) is 37.7 Å². The van der Waals surface area contributed by atoms with Crippen LogP contribution in [0.4, 0.5) is 24.0 Å². The summed E-state index contributed by atoms with van der Waals surface area (Å²) in [6.07, 6.45) is 2.41. The van der Waals surface area contributed by atoms with E-state index in [0.29, 0.717) is 37.1 Å². The number of aromatic nitrogens is 2. The molecule has 0 saturated carbocycles. The van der Waals surface area contributed by atoms with Gasteiger partial charge in [0.05, 0.1) is 32.3 Å². The van der Waals surface area contributed by atoms with E-state index < -0.39 is 23.3 Å². The van der Waals surface area contributed by atoms with E-state index in [-0.39, 0.29) is 72.8 Å². The van der Waals surface area contributed by atoms with Gasteiger partial charge < -0.3 is 25.4 Å². The number of rotatable bonds is 4. The van der Waals surface area contributed by atoms with Gasteiger partial charge in [-0.1, -0.05) is 17.7 Å². The molecule has 4 aromatic rings. The van der Waals surface area contributed by atoms with Gasteiger partial charge in [-0.3, -0.25) is 4.90 Å². The fraction of sp³-hybridized carbons (Fsp3) is 0.469. The van der Waals surface area contributed by atoms with Gasteiger partial charge >= 0.3 is 6.01 Å². The first kappa shape index (κ1) is 29.8. The molecule has 0 radical (unpaired) electrons. The van der Waals surface area contributed by atoms with Crippen LogP contribution in [0.3, 0.4) is 0 Å². The predicted octanol–water partition coefficient (Wildman–Crippen LogP) is 5.80. The number of hydrogen-bond donors (Lipinski definition) is 2. The predicted molar refractivity (Wildman–Crippen MR) is 172 cm³/mol. The summed E-state index contributed by atoms with van der Waals surface area (Å²) < 4.78 is 59.6. The molecule has 0 spiro atoms. The summed E-state index contributed by atoms with van der Waals surface area (Å²) in [6, 6.07) is 4.44. The number of halogens is 4. The molecule has 14 heteroatoms. The molecule has 3 saturated heterocycles. The number of benzene rings is 2. The van der Waals surface area contributed by atoms with E-state index in [0.717, 1.165) is 43.7 Å². The summed E-state index contributed by atoms with van der Waals surface area (Å²) >= 11 is 8.02. The van der Waals surface area contributed by atoms with Crippen molar-refractivity contribution < 1.29 is 22.6 Å². The number of fused-ring (bicyclic) bond motifs is 3. The highest BCUT2D eigenvalue weighted by molar-refractivity contribution is 7.23. The Labute approximate surface area is 272 Å². The summed E-state index contributed by atoms with van der Waals surface area (Å²) in [6.45, 7) is 2.74. The van der Waals surface area contributed by atoms with Crippen LogP contribution >= 0.6 is 22.9 Å². The van der Waals surface area contributed by atoms with Gasteiger partial charge in [-0.25, -0.2) is 13.2 Å². The van der Waals surface area contributed by atoms with E-state index in [1.54, 1.807) is 0 Å².